The van der Waals surface area contributed by atoms with E-state index in [9.17, 15) is 19.4 Å². The number of aliphatic hydroxyl groups is 1. The summed E-state index contributed by atoms with van der Waals surface area (Å²) in [6.07, 6.45) is 73.3. The lowest BCUT2D eigenvalue weighted by Gasteiger charge is -2.29. The molecular weight excluding hydrogens is 948 g/mol. The number of phosphoric ester groups is 1. The van der Waals surface area contributed by atoms with Crippen LogP contribution in [-0.4, -0.2) is 68.5 Å². The minimum atomic E-state index is -4.59. The molecule has 9 heteroatoms. The highest BCUT2D eigenvalue weighted by Crippen LogP contribution is 2.38. The normalized spacial score (nSPS) is 13.7. The van der Waals surface area contributed by atoms with E-state index in [-0.39, 0.29) is 19.1 Å². The molecule has 3 unspecified atom stereocenters. The van der Waals surface area contributed by atoms with Crippen LogP contribution in [0.4, 0.5) is 0 Å². The predicted molar refractivity (Wildman–Crippen MR) is 326 cm³/mol. The molecule has 0 aliphatic carbocycles. The summed E-state index contributed by atoms with van der Waals surface area (Å²) in [5.41, 5.74) is 0. The van der Waals surface area contributed by atoms with Gasteiger partial charge in [0, 0.05) is 6.42 Å². The molecule has 0 aromatic heterocycles. The van der Waals surface area contributed by atoms with Gasteiger partial charge in [0.1, 0.15) is 13.2 Å². The van der Waals surface area contributed by atoms with E-state index in [0.29, 0.717) is 17.4 Å². The van der Waals surface area contributed by atoms with Crippen molar-refractivity contribution in [1.82, 2.24) is 5.32 Å². The summed E-state index contributed by atoms with van der Waals surface area (Å²) in [4.78, 5) is 25.6. The highest BCUT2D eigenvalue weighted by atomic mass is 31.2. The van der Waals surface area contributed by atoms with Gasteiger partial charge in [-0.25, -0.2) is 0 Å². The van der Waals surface area contributed by atoms with Gasteiger partial charge in [0.25, 0.3) is 7.82 Å². The van der Waals surface area contributed by atoms with Crippen LogP contribution in [0.25, 0.3) is 0 Å². The summed E-state index contributed by atoms with van der Waals surface area (Å²) in [5, 5.41) is 13.9. The third-order valence-electron chi connectivity index (χ3n) is 15.7. The van der Waals surface area contributed by atoms with Gasteiger partial charge < -0.3 is 28.8 Å². The van der Waals surface area contributed by atoms with E-state index in [1.54, 1.807) is 6.08 Å². The van der Waals surface area contributed by atoms with Crippen molar-refractivity contribution < 1.29 is 32.9 Å². The largest absolute Gasteiger partial charge is 0.756 e. The van der Waals surface area contributed by atoms with E-state index in [4.69, 9.17) is 9.05 Å². The molecule has 0 aromatic carbocycles. The maximum atomic E-state index is 13.0. The van der Waals surface area contributed by atoms with Gasteiger partial charge in [-0.2, -0.15) is 0 Å². The maximum absolute atomic E-state index is 13.0. The second-order valence-corrected chi connectivity index (χ2v) is 26.0. The van der Waals surface area contributed by atoms with E-state index < -0.39 is 20.0 Å². The molecule has 2 N–H and O–H groups in total. The SMILES string of the molecule is CCCCCCCCCCCCCCCCCC/C=C/C(O)C(COP(=O)([O-])OCC[N+](C)(C)C)NC(=O)CCCCCCCCCCCCCCCCCCCCCCCCCCCCCCCCCCCCC. The quantitative estimate of drug-likeness (QED) is 0.0272. The average Bonchev–Trinajstić information content (AvgIpc) is 3.37. The third kappa shape index (κ3) is 60.7. The molecule has 448 valence electrons. The first kappa shape index (κ1) is 74.2. The highest BCUT2D eigenvalue weighted by Gasteiger charge is 2.23. The molecule has 8 nitrogen and oxygen atoms in total. The molecule has 0 radical (unpaired) electrons. The van der Waals surface area contributed by atoms with Crippen LogP contribution in [0, 0.1) is 0 Å². The second kappa shape index (κ2) is 57.9. The Kier molecular flexibility index (Phi) is 57.3. The fourth-order valence-electron chi connectivity index (χ4n) is 10.5. The number of quaternary nitrogens is 1. The minimum absolute atomic E-state index is 0.00280. The Balaban J connectivity index is 3.95. The molecule has 0 bridgehead atoms. The third-order valence-corrected chi connectivity index (χ3v) is 16.7. The first-order valence-corrected chi connectivity index (χ1v) is 35.0. The lowest BCUT2D eigenvalue weighted by molar-refractivity contribution is -0.870. The van der Waals surface area contributed by atoms with Crippen LogP contribution < -0.4 is 10.2 Å². The number of amides is 1. The van der Waals surface area contributed by atoms with Crippen LogP contribution in [0.2, 0.25) is 0 Å². The molecule has 0 aliphatic heterocycles. The van der Waals surface area contributed by atoms with Gasteiger partial charge in [-0.3, -0.25) is 9.36 Å². The van der Waals surface area contributed by atoms with E-state index in [1.165, 1.54) is 295 Å². The lowest BCUT2D eigenvalue weighted by atomic mass is 10.0. The number of hydrogen-bond acceptors (Lipinski definition) is 6. The number of carbonyl (C=O) groups is 1. The molecule has 0 spiro atoms. The molecule has 0 saturated carbocycles. The molecule has 0 saturated heterocycles. The van der Waals surface area contributed by atoms with Crippen molar-refractivity contribution in [2.45, 2.75) is 366 Å². The number of nitrogens with one attached hydrogen (secondary N) is 1. The first-order valence-electron chi connectivity index (χ1n) is 33.6. The monoisotopic (exact) mass is 1080 g/mol. The number of hydrogen-bond donors (Lipinski definition) is 2. The standard InChI is InChI=1S/C66H133N2O6P/c1-6-8-10-12-14-16-18-20-22-24-26-27-28-29-30-31-32-33-34-35-36-37-38-39-40-41-42-44-46-48-50-52-54-56-58-60-66(70)67-64(63-74-75(71,72)73-62-61-68(3,4)5)65(69)59-57-55-53-51-49-47-45-43-25-23-21-19-17-15-13-11-9-7-2/h57,59,64-65,69H,6-56,58,60-63H2,1-5H3,(H-,67,70,71,72)/b59-57+. The molecule has 0 aliphatic rings. The van der Waals surface area contributed by atoms with Crippen LogP contribution in [-0.2, 0) is 18.4 Å². The summed E-state index contributed by atoms with van der Waals surface area (Å²) >= 11 is 0. The number of nitrogens with zero attached hydrogens (tertiary/aromatic N) is 1. The summed E-state index contributed by atoms with van der Waals surface area (Å²) in [5.74, 6) is -0.188. The summed E-state index contributed by atoms with van der Waals surface area (Å²) in [6, 6.07) is -0.883. The van der Waals surface area contributed by atoms with Gasteiger partial charge in [-0.05, 0) is 19.3 Å². The van der Waals surface area contributed by atoms with Crippen molar-refractivity contribution in [3.8, 4) is 0 Å². The Labute approximate surface area is 469 Å². The summed E-state index contributed by atoms with van der Waals surface area (Å²) in [6.45, 7) is 4.71. The van der Waals surface area contributed by atoms with Crippen LogP contribution in [0.1, 0.15) is 354 Å². The Morgan fingerprint density at radius 1 is 0.453 bits per heavy atom. The van der Waals surface area contributed by atoms with Gasteiger partial charge in [-0.1, -0.05) is 341 Å². The van der Waals surface area contributed by atoms with Crippen LogP contribution in [0.15, 0.2) is 12.2 Å². The number of phosphoric acid groups is 1. The van der Waals surface area contributed by atoms with Crippen molar-refractivity contribution in [3.05, 3.63) is 12.2 Å². The number of carbonyl (C=O) groups excluding carboxylic acids is 1. The predicted octanol–water partition coefficient (Wildman–Crippen LogP) is 20.3. The smallest absolute Gasteiger partial charge is 0.268 e. The van der Waals surface area contributed by atoms with Crippen molar-refractivity contribution in [2.24, 2.45) is 0 Å². The molecular formula is C66H133N2O6P. The fourth-order valence-corrected chi connectivity index (χ4v) is 11.2. The van der Waals surface area contributed by atoms with Gasteiger partial charge in [-0.15, -0.1) is 0 Å². The Bertz CT molecular complexity index is 1230. The molecule has 3 atom stereocenters. The topological polar surface area (TPSA) is 108 Å². The summed E-state index contributed by atoms with van der Waals surface area (Å²) < 4.78 is 23.4. The van der Waals surface area contributed by atoms with Gasteiger partial charge >= 0.3 is 0 Å². The lowest BCUT2D eigenvalue weighted by Crippen LogP contribution is -2.45. The molecule has 0 fully saturated rings. The zero-order valence-corrected chi connectivity index (χ0v) is 52.2. The highest BCUT2D eigenvalue weighted by molar-refractivity contribution is 7.45. The van der Waals surface area contributed by atoms with E-state index in [0.717, 1.165) is 38.5 Å². The molecule has 0 rings (SSSR count). The Morgan fingerprint density at radius 3 is 1.00 bits per heavy atom. The van der Waals surface area contributed by atoms with E-state index in [1.807, 2.05) is 27.2 Å². The van der Waals surface area contributed by atoms with E-state index >= 15 is 0 Å². The number of likely N-dealkylation sites (N-methyl/N-ethyl adjacent to an activating group) is 1. The zero-order chi connectivity index (χ0) is 54.9. The maximum Gasteiger partial charge on any atom is 0.268 e. The Morgan fingerprint density at radius 2 is 0.720 bits per heavy atom. The molecule has 75 heavy (non-hydrogen) atoms. The number of rotatable bonds is 63. The second-order valence-electron chi connectivity index (χ2n) is 24.5. The van der Waals surface area contributed by atoms with Crippen molar-refractivity contribution >= 4 is 13.7 Å². The van der Waals surface area contributed by atoms with Crippen molar-refractivity contribution in [2.75, 3.05) is 40.9 Å². The molecule has 0 aromatic rings. The van der Waals surface area contributed by atoms with Crippen LogP contribution in [0.5, 0.6) is 0 Å². The molecule has 0 heterocycles. The van der Waals surface area contributed by atoms with Gasteiger partial charge in [0.2, 0.25) is 5.91 Å². The average molecular weight is 1080 g/mol. The molecule has 1 amide bonds. The van der Waals surface area contributed by atoms with Crippen LogP contribution in [0.3, 0.4) is 0 Å². The number of unbranched alkanes of at least 4 members (excludes halogenated alkanes) is 50. The van der Waals surface area contributed by atoms with Crippen molar-refractivity contribution in [3.63, 3.8) is 0 Å². The zero-order valence-electron chi connectivity index (χ0n) is 51.3. The van der Waals surface area contributed by atoms with Gasteiger partial charge in [0.15, 0.2) is 0 Å². The van der Waals surface area contributed by atoms with Crippen molar-refractivity contribution in [1.29, 1.82) is 0 Å². The van der Waals surface area contributed by atoms with E-state index in [2.05, 4.69) is 19.2 Å². The Hall–Kier alpha value is -0.760. The van der Waals surface area contributed by atoms with Crippen LogP contribution >= 0.6 is 7.82 Å². The van der Waals surface area contributed by atoms with Gasteiger partial charge in [0.05, 0.1) is 39.9 Å². The fraction of sp³-hybridized carbons (Fsp3) is 0.955. The number of aliphatic hydroxyl groups excluding tert-OH is 1. The summed E-state index contributed by atoms with van der Waals surface area (Å²) in [7, 11) is 1.28. The minimum Gasteiger partial charge on any atom is -0.756 e. The first-order chi connectivity index (χ1) is 36.5. The number of allylic oxidation sites excluding steroid dienone is 1.